The normalized spacial score (nSPS) is 42.6. The minimum atomic E-state index is -2.59. The van der Waals surface area contributed by atoms with Crippen molar-refractivity contribution in [3.63, 3.8) is 0 Å². The molecule has 0 spiro atoms. The van der Waals surface area contributed by atoms with E-state index in [4.69, 9.17) is 18.9 Å². The van der Waals surface area contributed by atoms with E-state index in [1.165, 1.54) is 13.8 Å². The van der Waals surface area contributed by atoms with Crippen LogP contribution in [0.15, 0.2) is 0 Å². The molecule has 2 fully saturated rings. The summed E-state index contributed by atoms with van der Waals surface area (Å²) in [6.07, 6.45) is -4.01. The van der Waals surface area contributed by atoms with E-state index in [2.05, 4.69) is 31.9 Å². The van der Waals surface area contributed by atoms with Crippen LogP contribution in [0.4, 0.5) is 0 Å². The molecule has 2 rings (SSSR count). The first kappa shape index (κ1) is 17.5. The van der Waals surface area contributed by atoms with Crippen LogP contribution in [0.1, 0.15) is 13.8 Å². The average molecular weight is 436 g/mol. The molecule has 0 aromatic carbocycles. The van der Waals surface area contributed by atoms with Crippen molar-refractivity contribution in [3.8, 4) is 0 Å². The van der Waals surface area contributed by atoms with E-state index in [9.17, 15) is 20.1 Å². The zero-order valence-electron chi connectivity index (χ0n) is 11.2. The maximum absolute atomic E-state index is 11.4. The number of carboxylic acid groups (broad SMARTS) is 1. The van der Waals surface area contributed by atoms with Crippen molar-refractivity contribution in [2.75, 3.05) is 6.61 Å². The van der Waals surface area contributed by atoms with Crippen LogP contribution in [0.3, 0.4) is 0 Å². The maximum atomic E-state index is 11.4. The number of hydrogen-bond acceptors (Lipinski definition) is 7. The largest absolute Gasteiger partial charge is 0.477 e. The Morgan fingerprint density at radius 3 is 2.43 bits per heavy atom. The Morgan fingerprint density at radius 1 is 1.33 bits per heavy atom. The van der Waals surface area contributed by atoms with Crippen LogP contribution in [-0.4, -0.2) is 67.8 Å². The van der Waals surface area contributed by atoms with Crippen LogP contribution in [0.5, 0.6) is 0 Å². The zero-order valence-corrected chi connectivity index (χ0v) is 14.4. The molecule has 2 aliphatic rings. The number of alkyl halides is 2. The highest BCUT2D eigenvalue weighted by atomic mass is 79.9. The molecular formula is C11H16Br2O8. The molecule has 0 amide bonds. The third kappa shape index (κ3) is 3.27. The summed E-state index contributed by atoms with van der Waals surface area (Å²) in [5, 5.41) is 28.9. The third-order valence-corrected chi connectivity index (χ3v) is 4.02. The Balaban J connectivity index is 2.28. The number of hydrogen-bond donors (Lipinski definition) is 3. The Bertz CT molecular complexity index is 417. The molecule has 0 radical (unpaired) electrons. The van der Waals surface area contributed by atoms with Gasteiger partial charge in [0.1, 0.15) is 15.9 Å². The summed E-state index contributed by atoms with van der Waals surface area (Å²) in [6.45, 7) is 2.52. The lowest BCUT2D eigenvalue weighted by Gasteiger charge is -2.27. The number of aliphatic hydroxyl groups is 2. The number of carboxylic acids is 1. The smallest absolute Gasteiger partial charge is 0.367 e. The summed E-state index contributed by atoms with van der Waals surface area (Å²) in [6, 6.07) is 0. The number of aliphatic hydroxyl groups excluding tert-OH is 1. The van der Waals surface area contributed by atoms with Gasteiger partial charge in [0.05, 0.1) is 6.61 Å². The average Bonchev–Trinajstić information content (AvgIpc) is 2.88. The topological polar surface area (TPSA) is 115 Å². The first-order chi connectivity index (χ1) is 9.60. The Kier molecular flexibility index (Phi) is 5.02. The van der Waals surface area contributed by atoms with Gasteiger partial charge in [-0.05, 0) is 13.8 Å². The van der Waals surface area contributed by atoms with Gasteiger partial charge in [0.15, 0.2) is 18.2 Å². The highest BCUT2D eigenvalue weighted by Crippen LogP contribution is 2.41. The van der Waals surface area contributed by atoms with E-state index >= 15 is 0 Å². The number of rotatable bonds is 4. The van der Waals surface area contributed by atoms with Crippen LogP contribution in [0, 0.1) is 0 Å². The van der Waals surface area contributed by atoms with Gasteiger partial charge in [0, 0.05) is 0 Å². The molecule has 1 unspecified atom stereocenters. The fraction of sp³-hybridized carbons (Fsp3) is 0.909. The van der Waals surface area contributed by atoms with Crippen LogP contribution in [-0.2, 0) is 23.7 Å². The number of halogens is 2. The molecule has 2 saturated heterocycles. The molecule has 10 heteroatoms. The van der Waals surface area contributed by atoms with E-state index in [1.807, 2.05) is 0 Å². The number of aliphatic carboxylic acids is 1. The maximum Gasteiger partial charge on any atom is 0.367 e. The predicted octanol–water partition coefficient (Wildman–Crippen LogP) is 0.129. The fourth-order valence-electron chi connectivity index (χ4n) is 2.35. The van der Waals surface area contributed by atoms with Crippen molar-refractivity contribution in [2.45, 2.75) is 53.8 Å². The molecule has 0 aromatic heterocycles. The second-order valence-corrected chi connectivity index (χ2v) is 8.40. The summed E-state index contributed by atoms with van der Waals surface area (Å²) in [7, 11) is 0. The van der Waals surface area contributed by atoms with E-state index in [-0.39, 0.29) is 3.74 Å². The summed E-state index contributed by atoms with van der Waals surface area (Å²) in [4.78, 5) is 11.4. The second-order valence-electron chi connectivity index (χ2n) is 5.20. The molecule has 8 nitrogen and oxygen atoms in total. The first-order valence-electron chi connectivity index (χ1n) is 6.14. The standard InChI is InChI=1S/C11H16Br2O8/c1-10(2)20-6(11(17,21-10)9(15)16)5-4(3-14)18-8(19-5)7(12)13/h4-8,14,17H,3H2,1-2H3,(H,15,16)/t4-,5-,6+,8?,11-/m1/s1. The summed E-state index contributed by atoms with van der Waals surface area (Å²) in [5.41, 5.74) is 0. The summed E-state index contributed by atoms with van der Waals surface area (Å²) >= 11 is 6.42. The van der Waals surface area contributed by atoms with Gasteiger partial charge in [-0.1, -0.05) is 31.9 Å². The van der Waals surface area contributed by atoms with Crippen molar-refractivity contribution in [1.82, 2.24) is 0 Å². The van der Waals surface area contributed by atoms with E-state index in [0.717, 1.165) is 0 Å². The van der Waals surface area contributed by atoms with E-state index in [0.29, 0.717) is 0 Å². The molecule has 122 valence electrons. The molecule has 0 saturated carbocycles. The van der Waals surface area contributed by atoms with E-state index < -0.39 is 48.8 Å². The SMILES string of the molecule is CC1(C)O[C@@H]([C@@H]2OC(C(Br)Br)O[C@@H]2CO)[C@](O)(C(=O)O)O1. The lowest BCUT2D eigenvalue weighted by molar-refractivity contribution is -0.242. The third-order valence-electron chi connectivity index (χ3n) is 3.15. The van der Waals surface area contributed by atoms with Crippen LogP contribution in [0.2, 0.25) is 0 Å². The Hall–Kier alpha value is 0.190. The summed E-state index contributed by atoms with van der Waals surface area (Å²) in [5.74, 6) is -5.51. The number of ether oxygens (including phenoxy) is 4. The van der Waals surface area contributed by atoms with Crippen molar-refractivity contribution in [2.24, 2.45) is 0 Å². The first-order valence-corrected chi connectivity index (χ1v) is 7.97. The minimum absolute atomic E-state index is 0.377. The Labute approximate surface area is 137 Å². The zero-order chi connectivity index (χ0) is 16.0. The van der Waals surface area contributed by atoms with Gasteiger partial charge >= 0.3 is 5.97 Å². The Morgan fingerprint density at radius 2 is 1.95 bits per heavy atom. The highest BCUT2D eigenvalue weighted by Gasteiger charge is 2.64. The van der Waals surface area contributed by atoms with Crippen molar-refractivity contribution in [1.29, 1.82) is 0 Å². The molecule has 21 heavy (non-hydrogen) atoms. The highest BCUT2D eigenvalue weighted by molar-refractivity contribution is 9.24. The fourth-order valence-corrected chi connectivity index (χ4v) is 2.85. The lowest BCUT2D eigenvalue weighted by Crippen LogP contribution is -2.55. The van der Waals surface area contributed by atoms with Gasteiger partial charge in [-0.15, -0.1) is 0 Å². The molecule has 2 aliphatic heterocycles. The van der Waals surface area contributed by atoms with Crippen LogP contribution in [0.25, 0.3) is 0 Å². The van der Waals surface area contributed by atoms with Gasteiger partial charge in [-0.3, -0.25) is 0 Å². The molecule has 5 atom stereocenters. The molecule has 0 aliphatic carbocycles. The van der Waals surface area contributed by atoms with Crippen molar-refractivity contribution in [3.05, 3.63) is 0 Å². The van der Waals surface area contributed by atoms with Crippen LogP contribution < -0.4 is 0 Å². The van der Waals surface area contributed by atoms with Crippen molar-refractivity contribution >= 4 is 37.8 Å². The monoisotopic (exact) mass is 434 g/mol. The molecule has 3 N–H and O–H groups in total. The molecule has 0 bridgehead atoms. The number of carbonyl (C=O) groups is 1. The quantitative estimate of drug-likeness (QED) is 0.534. The van der Waals surface area contributed by atoms with E-state index in [1.54, 1.807) is 0 Å². The molecular weight excluding hydrogens is 420 g/mol. The molecule has 0 aromatic rings. The van der Waals surface area contributed by atoms with Gasteiger partial charge < -0.3 is 34.3 Å². The predicted molar refractivity (Wildman–Crippen MR) is 74.9 cm³/mol. The second kappa shape index (κ2) is 6.00. The lowest BCUT2D eigenvalue weighted by atomic mass is 10.0. The van der Waals surface area contributed by atoms with Gasteiger partial charge in [-0.2, -0.15) is 0 Å². The van der Waals surface area contributed by atoms with Gasteiger partial charge in [-0.25, -0.2) is 4.79 Å². The van der Waals surface area contributed by atoms with Crippen molar-refractivity contribution < 1.29 is 39.1 Å². The molecule has 2 heterocycles. The van der Waals surface area contributed by atoms with Crippen LogP contribution >= 0.6 is 31.9 Å². The van der Waals surface area contributed by atoms with Gasteiger partial charge in [0.2, 0.25) is 0 Å². The van der Waals surface area contributed by atoms with Gasteiger partial charge in [0.25, 0.3) is 5.79 Å². The summed E-state index contributed by atoms with van der Waals surface area (Å²) < 4.78 is 21.2. The minimum Gasteiger partial charge on any atom is -0.477 e.